The lowest BCUT2D eigenvalue weighted by atomic mass is 9.75. The third-order valence-corrected chi connectivity index (χ3v) is 6.34. The van der Waals surface area contributed by atoms with E-state index in [1.807, 2.05) is 12.1 Å². The molecule has 1 aromatic carbocycles. The van der Waals surface area contributed by atoms with Crippen molar-refractivity contribution < 1.29 is 4.79 Å². The van der Waals surface area contributed by atoms with Crippen LogP contribution in [0.2, 0.25) is 0 Å². The first-order valence-electron chi connectivity index (χ1n) is 8.66. The molecule has 2 fully saturated rings. The molecule has 1 aliphatic carbocycles. The smallest absolute Gasteiger partial charge is 0.233 e. The standard InChI is InChI=1S/C19H27BrN2O/c1-18(2)13-22(11-8-16(18)21)17(23)19(9-3-4-10-19)14-6-5-7-15(20)12-14/h5-7,12,16H,3-4,8-11,13,21H2,1-2H3. The Balaban J connectivity index is 1.91. The lowest BCUT2D eigenvalue weighted by Crippen LogP contribution is -2.57. The van der Waals surface area contributed by atoms with E-state index >= 15 is 0 Å². The number of rotatable bonds is 2. The first-order chi connectivity index (χ1) is 10.8. The molecule has 3 nitrogen and oxygen atoms in total. The van der Waals surface area contributed by atoms with Gasteiger partial charge in [-0.2, -0.15) is 0 Å². The Morgan fingerprint density at radius 3 is 2.61 bits per heavy atom. The van der Waals surface area contributed by atoms with Crippen molar-refractivity contribution in [3.8, 4) is 0 Å². The van der Waals surface area contributed by atoms with Crippen LogP contribution >= 0.6 is 15.9 Å². The summed E-state index contributed by atoms with van der Waals surface area (Å²) < 4.78 is 1.05. The van der Waals surface area contributed by atoms with Gasteiger partial charge >= 0.3 is 0 Å². The largest absolute Gasteiger partial charge is 0.341 e. The maximum Gasteiger partial charge on any atom is 0.233 e. The van der Waals surface area contributed by atoms with Gasteiger partial charge in [0.05, 0.1) is 5.41 Å². The van der Waals surface area contributed by atoms with Crippen LogP contribution in [-0.4, -0.2) is 29.9 Å². The van der Waals surface area contributed by atoms with E-state index < -0.39 is 0 Å². The highest BCUT2D eigenvalue weighted by atomic mass is 79.9. The van der Waals surface area contributed by atoms with Crippen LogP contribution in [0.4, 0.5) is 0 Å². The normalized spacial score (nSPS) is 26.3. The quantitative estimate of drug-likeness (QED) is 0.849. The highest BCUT2D eigenvalue weighted by Crippen LogP contribution is 2.44. The summed E-state index contributed by atoms with van der Waals surface area (Å²) in [4.78, 5) is 15.6. The molecular formula is C19H27BrN2O. The molecule has 2 N–H and O–H groups in total. The highest BCUT2D eigenvalue weighted by molar-refractivity contribution is 9.10. The predicted octanol–water partition coefficient (Wildman–Crippen LogP) is 3.85. The van der Waals surface area contributed by atoms with Gasteiger partial charge in [0.15, 0.2) is 0 Å². The van der Waals surface area contributed by atoms with E-state index in [0.29, 0.717) is 5.91 Å². The minimum absolute atomic E-state index is 0.00895. The van der Waals surface area contributed by atoms with Crippen molar-refractivity contribution >= 4 is 21.8 Å². The number of piperidine rings is 1. The summed E-state index contributed by atoms with van der Waals surface area (Å²) >= 11 is 3.56. The van der Waals surface area contributed by atoms with Gasteiger partial charge in [-0.25, -0.2) is 0 Å². The Morgan fingerprint density at radius 1 is 1.30 bits per heavy atom. The number of nitrogens with zero attached hydrogens (tertiary/aromatic N) is 1. The third kappa shape index (κ3) is 3.08. The summed E-state index contributed by atoms with van der Waals surface area (Å²) in [5.74, 6) is 0.313. The Morgan fingerprint density at radius 2 is 2.00 bits per heavy atom. The summed E-state index contributed by atoms with van der Waals surface area (Å²) in [7, 11) is 0. The number of benzene rings is 1. The van der Waals surface area contributed by atoms with Gasteiger partial charge in [-0.05, 0) is 42.4 Å². The van der Waals surface area contributed by atoms with Gasteiger partial charge in [-0.1, -0.05) is 54.8 Å². The van der Waals surface area contributed by atoms with Gasteiger partial charge in [0.25, 0.3) is 0 Å². The summed E-state index contributed by atoms with van der Waals surface area (Å²) in [6.07, 6.45) is 5.09. The van der Waals surface area contributed by atoms with Gasteiger partial charge in [-0.15, -0.1) is 0 Å². The summed E-state index contributed by atoms with van der Waals surface area (Å²) in [5, 5.41) is 0. The zero-order chi connectivity index (χ0) is 16.7. The molecule has 1 saturated carbocycles. The van der Waals surface area contributed by atoms with E-state index in [9.17, 15) is 4.79 Å². The fourth-order valence-electron chi connectivity index (χ4n) is 4.24. The Hall–Kier alpha value is -0.870. The average molecular weight is 379 g/mol. The Bertz CT molecular complexity index is 593. The van der Waals surface area contributed by atoms with Crippen LogP contribution in [0, 0.1) is 5.41 Å². The van der Waals surface area contributed by atoms with E-state index in [1.54, 1.807) is 0 Å². The van der Waals surface area contributed by atoms with E-state index in [2.05, 4.69) is 46.8 Å². The van der Waals surface area contributed by atoms with Crippen molar-refractivity contribution in [2.45, 2.75) is 57.4 Å². The van der Waals surface area contributed by atoms with Crippen LogP contribution in [0.15, 0.2) is 28.7 Å². The molecule has 0 radical (unpaired) electrons. The zero-order valence-electron chi connectivity index (χ0n) is 14.1. The molecule has 1 aliphatic heterocycles. The highest BCUT2D eigenvalue weighted by Gasteiger charge is 2.47. The van der Waals surface area contributed by atoms with Crippen LogP contribution in [-0.2, 0) is 10.2 Å². The second-order valence-corrected chi connectivity index (χ2v) is 8.83. The maximum atomic E-state index is 13.5. The molecule has 126 valence electrons. The first kappa shape index (κ1) is 17.0. The third-order valence-electron chi connectivity index (χ3n) is 5.84. The van der Waals surface area contributed by atoms with E-state index in [4.69, 9.17) is 5.73 Å². The van der Waals surface area contributed by atoms with E-state index in [0.717, 1.165) is 49.7 Å². The van der Waals surface area contributed by atoms with Crippen molar-refractivity contribution in [1.82, 2.24) is 4.90 Å². The molecule has 0 bridgehead atoms. The zero-order valence-corrected chi connectivity index (χ0v) is 15.7. The van der Waals surface area contributed by atoms with Crippen molar-refractivity contribution in [3.05, 3.63) is 34.3 Å². The van der Waals surface area contributed by atoms with Crippen LogP contribution in [0.25, 0.3) is 0 Å². The molecule has 4 heteroatoms. The first-order valence-corrected chi connectivity index (χ1v) is 9.45. The number of nitrogens with two attached hydrogens (primary N) is 1. The van der Waals surface area contributed by atoms with Crippen molar-refractivity contribution in [1.29, 1.82) is 0 Å². The van der Waals surface area contributed by atoms with E-state index in [1.165, 1.54) is 5.56 Å². The SMILES string of the molecule is CC1(C)CN(C(=O)C2(c3cccc(Br)c3)CCCC2)CCC1N. The van der Waals surface area contributed by atoms with Crippen LogP contribution in [0.3, 0.4) is 0 Å². The molecule has 1 aromatic rings. The molecule has 1 heterocycles. The molecule has 1 unspecified atom stereocenters. The molecule has 1 amide bonds. The van der Waals surface area contributed by atoms with Gasteiger partial charge in [0.1, 0.15) is 0 Å². The van der Waals surface area contributed by atoms with Gasteiger partial charge in [0, 0.05) is 23.6 Å². The predicted molar refractivity (Wildman–Crippen MR) is 97.2 cm³/mol. The Kier molecular flexibility index (Phi) is 4.58. The van der Waals surface area contributed by atoms with Crippen molar-refractivity contribution in [3.63, 3.8) is 0 Å². The fraction of sp³-hybridized carbons (Fsp3) is 0.632. The lowest BCUT2D eigenvalue weighted by molar-refractivity contribution is -0.140. The van der Waals surface area contributed by atoms with Crippen LogP contribution < -0.4 is 5.73 Å². The number of carbonyl (C=O) groups excluding carboxylic acids is 1. The second-order valence-electron chi connectivity index (χ2n) is 7.91. The van der Waals surface area contributed by atoms with Crippen molar-refractivity contribution in [2.24, 2.45) is 11.1 Å². The van der Waals surface area contributed by atoms with Crippen LogP contribution in [0.1, 0.15) is 51.5 Å². The van der Waals surface area contributed by atoms with Crippen molar-refractivity contribution in [2.75, 3.05) is 13.1 Å². The number of carbonyl (C=O) groups is 1. The molecule has 1 atom stereocenters. The average Bonchev–Trinajstić information content (AvgIpc) is 3.00. The van der Waals surface area contributed by atoms with Gasteiger partial charge in [-0.3, -0.25) is 4.79 Å². The van der Waals surface area contributed by atoms with E-state index in [-0.39, 0.29) is 16.9 Å². The molecule has 0 aromatic heterocycles. The number of hydrogen-bond acceptors (Lipinski definition) is 2. The summed E-state index contributed by atoms with van der Waals surface area (Å²) in [5.41, 5.74) is 7.08. The second kappa shape index (κ2) is 6.21. The van der Waals surface area contributed by atoms with Gasteiger partial charge < -0.3 is 10.6 Å². The molecule has 0 spiro atoms. The summed E-state index contributed by atoms with van der Waals surface area (Å²) in [6.45, 7) is 5.91. The Labute approximate surface area is 147 Å². The van der Waals surface area contributed by atoms with Crippen LogP contribution in [0.5, 0.6) is 0 Å². The number of likely N-dealkylation sites (tertiary alicyclic amines) is 1. The summed E-state index contributed by atoms with van der Waals surface area (Å²) in [6, 6.07) is 8.50. The fourth-order valence-corrected chi connectivity index (χ4v) is 4.64. The number of halogens is 1. The topological polar surface area (TPSA) is 46.3 Å². The number of amides is 1. The molecule has 1 saturated heterocycles. The lowest BCUT2D eigenvalue weighted by Gasteiger charge is -2.45. The molecule has 23 heavy (non-hydrogen) atoms. The number of hydrogen-bond donors (Lipinski definition) is 1. The monoisotopic (exact) mass is 378 g/mol. The minimum Gasteiger partial charge on any atom is -0.341 e. The minimum atomic E-state index is -0.332. The molecular weight excluding hydrogens is 352 g/mol. The maximum absolute atomic E-state index is 13.5. The van der Waals surface area contributed by atoms with Gasteiger partial charge in [0.2, 0.25) is 5.91 Å². The molecule has 2 aliphatic rings. The molecule has 3 rings (SSSR count).